The van der Waals surface area contributed by atoms with Crippen LogP contribution in [0.25, 0.3) is 0 Å². The molecule has 3 aliphatic heterocycles. The second-order valence-electron chi connectivity index (χ2n) is 9.16. The van der Waals surface area contributed by atoms with Crippen LogP contribution in [0.15, 0.2) is 6.07 Å². The maximum absolute atomic E-state index is 12.8. The van der Waals surface area contributed by atoms with Crippen LogP contribution in [0.1, 0.15) is 50.0 Å². The van der Waals surface area contributed by atoms with Crippen LogP contribution in [0, 0.1) is 10.7 Å². The molecule has 0 aromatic carbocycles. The van der Waals surface area contributed by atoms with E-state index in [1.807, 2.05) is 6.07 Å². The van der Waals surface area contributed by atoms with Crippen LogP contribution >= 0.6 is 0 Å². The number of anilines is 1. The summed E-state index contributed by atoms with van der Waals surface area (Å²) in [6.07, 6.45) is 5.58. The van der Waals surface area contributed by atoms with Gasteiger partial charge in [0.05, 0.1) is 45.6 Å². The van der Waals surface area contributed by atoms with Gasteiger partial charge in [0.25, 0.3) is 0 Å². The van der Waals surface area contributed by atoms with Crippen molar-refractivity contribution in [2.24, 2.45) is 5.92 Å². The molecule has 0 radical (unpaired) electrons. The van der Waals surface area contributed by atoms with Gasteiger partial charge >= 0.3 is 0 Å². The Kier molecular flexibility index (Phi) is 4.84. The van der Waals surface area contributed by atoms with Crippen molar-refractivity contribution in [2.45, 2.75) is 55.5 Å². The first-order chi connectivity index (χ1) is 13.9. The van der Waals surface area contributed by atoms with Crippen molar-refractivity contribution in [3.8, 4) is 0 Å². The van der Waals surface area contributed by atoms with Crippen molar-refractivity contribution < 1.29 is 8.95 Å². The molecule has 5 atom stereocenters. The van der Waals surface area contributed by atoms with Gasteiger partial charge in [0.15, 0.2) is 0 Å². The van der Waals surface area contributed by atoms with E-state index in [0.29, 0.717) is 31.2 Å². The maximum atomic E-state index is 12.8. The first-order valence-electron chi connectivity index (χ1n) is 10.8. The first kappa shape index (κ1) is 19.7. The van der Waals surface area contributed by atoms with E-state index in [-0.39, 0.29) is 6.04 Å². The molecule has 4 heterocycles. The SMILES string of the molecule is C[C@@H]1COCCN1c1cc(C2([S@](C)(=N)=O)CC2)nc(C2CCNC3NCCC32)n1. The van der Waals surface area contributed by atoms with Gasteiger partial charge in [-0.25, -0.2) is 14.2 Å². The Morgan fingerprint density at radius 1 is 1.28 bits per heavy atom. The topological polar surface area (TPSA) is 103 Å². The number of hydrogen-bond acceptors (Lipinski definition) is 8. The van der Waals surface area contributed by atoms with Crippen LogP contribution in [0.4, 0.5) is 5.82 Å². The van der Waals surface area contributed by atoms with Gasteiger partial charge in [0.1, 0.15) is 11.6 Å². The summed E-state index contributed by atoms with van der Waals surface area (Å²) < 4.78 is 26.2. The molecule has 9 heteroatoms. The van der Waals surface area contributed by atoms with Gasteiger partial charge in [0.2, 0.25) is 0 Å². The standard InChI is InChI=1S/C20H32N6O2S/c1-13-12-28-10-9-26(13)17-11-16(20(5-6-20)29(2,21)27)24-19(25-17)15-4-8-23-18-14(15)3-7-22-18/h11,13-15,18,21-23H,3-10,12H2,1-2H3/t13-,14?,15?,18?,29-/m1/s1. The highest BCUT2D eigenvalue weighted by Gasteiger charge is 2.53. The predicted octanol–water partition coefficient (Wildman–Crippen LogP) is 1.38. The number of ether oxygens (including phenoxy) is 1. The Hall–Kier alpha value is -1.29. The average Bonchev–Trinajstić information content (AvgIpc) is 3.39. The van der Waals surface area contributed by atoms with Crippen molar-refractivity contribution in [1.29, 1.82) is 4.78 Å². The predicted molar refractivity (Wildman–Crippen MR) is 113 cm³/mol. The highest BCUT2D eigenvalue weighted by molar-refractivity contribution is 7.92. The number of piperidine rings is 1. The Morgan fingerprint density at radius 2 is 2.03 bits per heavy atom. The monoisotopic (exact) mass is 420 g/mol. The van der Waals surface area contributed by atoms with Crippen molar-refractivity contribution in [3.05, 3.63) is 17.6 Å². The van der Waals surface area contributed by atoms with E-state index in [2.05, 4.69) is 22.5 Å². The van der Waals surface area contributed by atoms with Crippen molar-refractivity contribution in [2.75, 3.05) is 44.0 Å². The summed E-state index contributed by atoms with van der Waals surface area (Å²) >= 11 is 0. The van der Waals surface area contributed by atoms with Crippen molar-refractivity contribution in [1.82, 2.24) is 20.6 Å². The quantitative estimate of drug-likeness (QED) is 0.676. The number of aromatic nitrogens is 2. The molecule has 160 valence electrons. The molecule has 4 fully saturated rings. The number of morpholine rings is 1. The lowest BCUT2D eigenvalue weighted by Crippen LogP contribution is -2.48. The Labute approximate surface area is 173 Å². The molecule has 0 bridgehead atoms. The highest BCUT2D eigenvalue weighted by Crippen LogP contribution is 2.53. The number of nitrogens with one attached hydrogen (secondary N) is 3. The Morgan fingerprint density at radius 3 is 2.72 bits per heavy atom. The fourth-order valence-electron chi connectivity index (χ4n) is 5.33. The third kappa shape index (κ3) is 3.36. The molecule has 3 unspecified atom stereocenters. The fraction of sp³-hybridized carbons (Fsp3) is 0.800. The van der Waals surface area contributed by atoms with Crippen LogP contribution in [0.2, 0.25) is 0 Å². The van der Waals surface area contributed by atoms with E-state index in [1.54, 1.807) is 6.26 Å². The van der Waals surface area contributed by atoms with E-state index < -0.39 is 14.5 Å². The molecule has 1 aromatic rings. The summed E-state index contributed by atoms with van der Waals surface area (Å²) in [4.78, 5) is 12.4. The molecule has 1 aromatic heterocycles. The third-order valence-corrected chi connectivity index (χ3v) is 9.36. The molecule has 29 heavy (non-hydrogen) atoms. The zero-order valence-corrected chi connectivity index (χ0v) is 18.1. The molecular formula is C20H32N6O2S. The smallest absolute Gasteiger partial charge is 0.134 e. The summed E-state index contributed by atoms with van der Waals surface area (Å²) in [6.45, 7) is 6.30. The average molecular weight is 421 g/mol. The minimum atomic E-state index is -2.73. The first-order valence-corrected chi connectivity index (χ1v) is 12.8. The largest absolute Gasteiger partial charge is 0.377 e. The summed E-state index contributed by atoms with van der Waals surface area (Å²) in [5.74, 6) is 2.56. The summed E-state index contributed by atoms with van der Waals surface area (Å²) in [6, 6.07) is 2.26. The van der Waals surface area contributed by atoms with Crippen LogP contribution in [0.5, 0.6) is 0 Å². The Balaban J connectivity index is 1.59. The molecule has 3 N–H and O–H groups in total. The number of rotatable bonds is 4. The zero-order chi connectivity index (χ0) is 20.2. The lowest BCUT2D eigenvalue weighted by Gasteiger charge is -2.37. The molecule has 5 rings (SSSR count). The second kappa shape index (κ2) is 7.14. The summed E-state index contributed by atoms with van der Waals surface area (Å²) in [5.41, 5.74) is 0.819. The van der Waals surface area contributed by atoms with Crippen LogP contribution in [-0.4, -0.2) is 65.5 Å². The molecule has 1 aliphatic carbocycles. The number of fused-ring (bicyclic) bond motifs is 1. The lowest BCUT2D eigenvalue weighted by atomic mass is 9.83. The third-order valence-electron chi connectivity index (χ3n) is 7.25. The van der Waals surface area contributed by atoms with Gasteiger partial charge in [0, 0.05) is 24.8 Å². The summed E-state index contributed by atoms with van der Waals surface area (Å²) in [7, 11) is -2.73. The molecule has 3 saturated heterocycles. The van der Waals surface area contributed by atoms with Gasteiger partial charge in [-0.1, -0.05) is 0 Å². The molecule has 0 amide bonds. The maximum Gasteiger partial charge on any atom is 0.134 e. The number of nitrogens with zero attached hydrogens (tertiary/aromatic N) is 3. The normalized spacial score (nSPS) is 35.7. The number of hydrogen-bond donors (Lipinski definition) is 3. The van der Waals surface area contributed by atoms with E-state index >= 15 is 0 Å². The molecular weight excluding hydrogens is 388 g/mol. The van der Waals surface area contributed by atoms with E-state index in [4.69, 9.17) is 19.5 Å². The van der Waals surface area contributed by atoms with Crippen LogP contribution in [0.3, 0.4) is 0 Å². The van der Waals surface area contributed by atoms with E-state index in [0.717, 1.165) is 62.7 Å². The molecule has 1 saturated carbocycles. The molecule has 8 nitrogen and oxygen atoms in total. The highest BCUT2D eigenvalue weighted by atomic mass is 32.2. The van der Waals surface area contributed by atoms with Crippen molar-refractivity contribution in [3.63, 3.8) is 0 Å². The van der Waals surface area contributed by atoms with Gasteiger partial charge in [-0.2, -0.15) is 0 Å². The molecule has 0 spiro atoms. The zero-order valence-electron chi connectivity index (χ0n) is 17.3. The fourth-order valence-corrected chi connectivity index (χ4v) is 6.72. The van der Waals surface area contributed by atoms with Gasteiger partial charge in [-0.3, -0.25) is 4.78 Å². The Bertz CT molecular complexity index is 887. The minimum absolute atomic E-state index is 0.241. The van der Waals surface area contributed by atoms with Crippen LogP contribution in [-0.2, 0) is 19.2 Å². The minimum Gasteiger partial charge on any atom is -0.377 e. The van der Waals surface area contributed by atoms with E-state index in [1.165, 1.54) is 0 Å². The van der Waals surface area contributed by atoms with Crippen LogP contribution < -0.4 is 15.5 Å². The van der Waals surface area contributed by atoms with Gasteiger partial charge in [-0.15, -0.1) is 0 Å². The van der Waals surface area contributed by atoms with Gasteiger partial charge in [-0.05, 0) is 51.6 Å². The van der Waals surface area contributed by atoms with E-state index in [9.17, 15) is 4.21 Å². The van der Waals surface area contributed by atoms with Crippen molar-refractivity contribution >= 4 is 15.5 Å². The van der Waals surface area contributed by atoms with Gasteiger partial charge < -0.3 is 20.3 Å². The summed E-state index contributed by atoms with van der Waals surface area (Å²) in [5, 5.41) is 7.13. The second-order valence-corrected chi connectivity index (χ2v) is 11.6. The molecule has 4 aliphatic rings. The lowest BCUT2D eigenvalue weighted by molar-refractivity contribution is 0.0984.